The van der Waals surface area contributed by atoms with E-state index in [2.05, 4.69) is 0 Å². The predicted octanol–water partition coefficient (Wildman–Crippen LogP) is 1.88. The first-order valence-corrected chi connectivity index (χ1v) is 2.46. The van der Waals surface area contributed by atoms with Gasteiger partial charge in [-0.25, -0.2) is 9.18 Å². The van der Waals surface area contributed by atoms with Crippen LogP contribution in [0.2, 0.25) is 0 Å². The number of alkyl halides is 3. The third-order valence-corrected chi connectivity index (χ3v) is 0.797. The van der Waals surface area contributed by atoms with Crippen LogP contribution in [0.3, 0.4) is 0 Å². The minimum Gasteiger partial charge on any atom is -0.478 e. The zero-order valence-corrected chi connectivity index (χ0v) is 5.15. The minimum atomic E-state index is -4.68. The summed E-state index contributed by atoms with van der Waals surface area (Å²) in [5.74, 6) is -1.90. The molecule has 0 saturated heterocycles. The summed E-state index contributed by atoms with van der Waals surface area (Å²) >= 11 is 0. The van der Waals surface area contributed by atoms with Crippen molar-refractivity contribution in [2.45, 2.75) is 12.6 Å². The van der Waals surface area contributed by atoms with E-state index < -0.39 is 30.5 Å². The van der Waals surface area contributed by atoms with E-state index in [-0.39, 0.29) is 0 Å². The Labute approximate surface area is 59.1 Å². The van der Waals surface area contributed by atoms with Crippen molar-refractivity contribution in [3.8, 4) is 0 Å². The van der Waals surface area contributed by atoms with Crippen LogP contribution in [0.4, 0.5) is 17.6 Å². The molecule has 0 saturated carbocycles. The molecule has 64 valence electrons. The number of aliphatic carboxylic acids is 1. The predicted molar refractivity (Wildman–Crippen MR) is 27.5 cm³/mol. The molecular weight excluding hydrogens is 168 g/mol. The Kier molecular flexibility index (Phi) is 3.03. The molecule has 0 aromatic heterocycles. The van der Waals surface area contributed by atoms with Crippen molar-refractivity contribution in [3.05, 3.63) is 11.9 Å². The fraction of sp³-hybridized carbons (Fsp3) is 0.400. The molecule has 0 atom stereocenters. The lowest BCUT2D eigenvalue weighted by Crippen LogP contribution is -2.13. The summed E-state index contributed by atoms with van der Waals surface area (Å²) in [6.45, 7) is 0. The van der Waals surface area contributed by atoms with Gasteiger partial charge in [0.05, 0.1) is 18.3 Å². The van der Waals surface area contributed by atoms with Gasteiger partial charge >= 0.3 is 12.1 Å². The lowest BCUT2D eigenvalue weighted by Gasteiger charge is -2.04. The molecule has 0 aromatic carbocycles. The maximum absolute atomic E-state index is 11.4. The molecule has 11 heavy (non-hydrogen) atoms. The zero-order valence-electron chi connectivity index (χ0n) is 5.15. The number of carboxylic acid groups (broad SMARTS) is 1. The molecule has 0 aromatic rings. The maximum Gasteiger partial charge on any atom is 0.393 e. The molecule has 6 heteroatoms. The van der Waals surface area contributed by atoms with Crippen LogP contribution < -0.4 is 0 Å². The van der Waals surface area contributed by atoms with Crippen LogP contribution in [-0.2, 0) is 4.79 Å². The van der Waals surface area contributed by atoms with E-state index in [1.54, 1.807) is 0 Å². The molecule has 2 nitrogen and oxygen atoms in total. The monoisotopic (exact) mass is 172 g/mol. The third kappa shape index (κ3) is 4.35. The van der Waals surface area contributed by atoms with Gasteiger partial charge in [0.15, 0.2) is 0 Å². The van der Waals surface area contributed by atoms with Crippen molar-refractivity contribution in [2.24, 2.45) is 0 Å². The van der Waals surface area contributed by atoms with Gasteiger partial charge in [-0.15, -0.1) is 0 Å². The van der Waals surface area contributed by atoms with Gasteiger partial charge in [-0.2, -0.15) is 13.2 Å². The molecule has 1 N–H and O–H groups in total. The molecule has 0 amide bonds. The molecule has 0 fully saturated rings. The second-order valence-electron chi connectivity index (χ2n) is 1.73. The summed E-state index contributed by atoms with van der Waals surface area (Å²) in [7, 11) is 0. The number of rotatable bonds is 2. The Morgan fingerprint density at radius 1 is 1.45 bits per heavy atom. The number of carboxylic acids is 1. The van der Waals surface area contributed by atoms with Crippen LogP contribution in [0.1, 0.15) is 6.42 Å². The van der Waals surface area contributed by atoms with Gasteiger partial charge in [0.2, 0.25) is 0 Å². The van der Waals surface area contributed by atoms with Crippen molar-refractivity contribution >= 4 is 5.97 Å². The van der Waals surface area contributed by atoms with E-state index in [9.17, 15) is 22.4 Å². The fourth-order valence-corrected chi connectivity index (χ4v) is 0.377. The van der Waals surface area contributed by atoms with Gasteiger partial charge in [-0.3, -0.25) is 0 Å². The van der Waals surface area contributed by atoms with Crippen molar-refractivity contribution in [2.75, 3.05) is 0 Å². The maximum atomic E-state index is 11.4. The lowest BCUT2D eigenvalue weighted by atomic mass is 10.2. The van der Waals surface area contributed by atoms with Gasteiger partial charge in [0.25, 0.3) is 0 Å². The van der Waals surface area contributed by atoms with Crippen LogP contribution in [0.5, 0.6) is 0 Å². The Morgan fingerprint density at radius 2 is 1.91 bits per heavy atom. The van der Waals surface area contributed by atoms with Gasteiger partial charge in [-0.05, 0) is 0 Å². The highest BCUT2D eigenvalue weighted by Crippen LogP contribution is 2.24. The lowest BCUT2D eigenvalue weighted by molar-refractivity contribution is -0.143. The second kappa shape index (κ2) is 3.36. The summed E-state index contributed by atoms with van der Waals surface area (Å²) in [4.78, 5) is 9.80. The number of hydrogen-bond donors (Lipinski definition) is 1. The largest absolute Gasteiger partial charge is 0.478 e. The summed E-state index contributed by atoms with van der Waals surface area (Å²) in [6.07, 6.45) is -7.00. The van der Waals surface area contributed by atoms with Crippen molar-refractivity contribution < 1.29 is 27.5 Å². The summed E-state index contributed by atoms with van der Waals surface area (Å²) < 4.78 is 45.5. The standard InChI is InChI=1S/C5H4F4O2/c6-2-3(4(10)11)1-5(7,8)9/h2H,1H2,(H,10,11). The summed E-state index contributed by atoms with van der Waals surface area (Å²) in [5, 5.41) is 7.93. The quantitative estimate of drug-likeness (QED) is 0.510. The Bertz CT molecular complexity index is 181. The highest BCUT2D eigenvalue weighted by molar-refractivity contribution is 5.86. The smallest absolute Gasteiger partial charge is 0.393 e. The van der Waals surface area contributed by atoms with E-state index >= 15 is 0 Å². The number of carbonyl (C=O) groups is 1. The molecule has 0 aliphatic carbocycles. The van der Waals surface area contributed by atoms with Crippen molar-refractivity contribution in [3.63, 3.8) is 0 Å². The van der Waals surface area contributed by atoms with Crippen LogP contribution in [0.15, 0.2) is 11.9 Å². The summed E-state index contributed by atoms with van der Waals surface area (Å²) in [6, 6.07) is 0. The first-order chi connectivity index (χ1) is 4.87. The molecule has 0 spiro atoms. The number of hydrogen-bond acceptors (Lipinski definition) is 1. The average molecular weight is 172 g/mol. The first kappa shape index (κ1) is 9.93. The van der Waals surface area contributed by atoms with Crippen LogP contribution in [-0.4, -0.2) is 17.3 Å². The molecule has 0 rings (SSSR count). The SMILES string of the molecule is O=C(O)C(=CF)CC(F)(F)F. The first-order valence-electron chi connectivity index (χ1n) is 2.46. The van der Waals surface area contributed by atoms with Gasteiger partial charge in [0.1, 0.15) is 0 Å². The molecule has 0 aliphatic rings. The molecule has 0 heterocycles. The Morgan fingerprint density at radius 3 is 2.00 bits per heavy atom. The van der Waals surface area contributed by atoms with E-state index in [1.165, 1.54) is 0 Å². The zero-order chi connectivity index (χ0) is 9.07. The molecular formula is C5H4F4O2. The van der Waals surface area contributed by atoms with Gasteiger partial charge in [-0.1, -0.05) is 0 Å². The Balaban J connectivity index is 4.24. The fourth-order valence-electron chi connectivity index (χ4n) is 0.377. The van der Waals surface area contributed by atoms with Crippen molar-refractivity contribution in [1.29, 1.82) is 0 Å². The van der Waals surface area contributed by atoms with E-state index in [1.807, 2.05) is 0 Å². The Hall–Kier alpha value is -1.07. The van der Waals surface area contributed by atoms with E-state index in [4.69, 9.17) is 5.11 Å². The molecule has 0 radical (unpaired) electrons. The normalized spacial score (nSPS) is 13.3. The molecule has 0 unspecified atom stereocenters. The minimum absolute atomic E-state index is 0.560. The van der Waals surface area contributed by atoms with E-state index in [0.717, 1.165) is 0 Å². The summed E-state index contributed by atoms with van der Waals surface area (Å²) in [5.41, 5.74) is -1.29. The molecule has 0 aliphatic heterocycles. The van der Waals surface area contributed by atoms with E-state index in [0.29, 0.717) is 0 Å². The second-order valence-corrected chi connectivity index (χ2v) is 1.73. The third-order valence-electron chi connectivity index (χ3n) is 0.797. The molecule has 0 bridgehead atoms. The average Bonchev–Trinajstić information content (AvgIpc) is 1.80. The van der Waals surface area contributed by atoms with Crippen LogP contribution >= 0.6 is 0 Å². The van der Waals surface area contributed by atoms with Crippen LogP contribution in [0, 0.1) is 0 Å². The van der Waals surface area contributed by atoms with Gasteiger partial charge in [0, 0.05) is 0 Å². The van der Waals surface area contributed by atoms with Crippen molar-refractivity contribution in [1.82, 2.24) is 0 Å². The van der Waals surface area contributed by atoms with Gasteiger partial charge < -0.3 is 5.11 Å². The highest BCUT2D eigenvalue weighted by atomic mass is 19.4. The van der Waals surface area contributed by atoms with Crippen LogP contribution in [0.25, 0.3) is 0 Å². The highest BCUT2D eigenvalue weighted by Gasteiger charge is 2.31. The topological polar surface area (TPSA) is 37.3 Å². The number of halogens is 4.